The van der Waals surface area contributed by atoms with Crippen molar-refractivity contribution in [3.63, 3.8) is 0 Å². The van der Waals surface area contributed by atoms with Crippen LogP contribution in [0.2, 0.25) is 0 Å². The molecule has 15 nitrogen and oxygen atoms in total. The van der Waals surface area contributed by atoms with Crippen LogP contribution in [0.4, 0.5) is 22.7 Å². The number of methoxy groups -OCH3 is 2. The highest BCUT2D eigenvalue weighted by molar-refractivity contribution is 5.84. The summed E-state index contributed by atoms with van der Waals surface area (Å²) in [5.74, 6) is 1.05. The van der Waals surface area contributed by atoms with Crippen molar-refractivity contribution in [3.8, 4) is 33.8 Å². The maximum Gasteiger partial charge on any atom is 0.311 e. The van der Waals surface area contributed by atoms with Crippen LogP contribution in [-0.2, 0) is 14.1 Å². The van der Waals surface area contributed by atoms with Gasteiger partial charge in [-0.2, -0.15) is 10.2 Å². The fourth-order valence-corrected chi connectivity index (χ4v) is 9.24. The van der Waals surface area contributed by atoms with E-state index in [1.54, 1.807) is 24.1 Å². The molecule has 0 atom stereocenters. The van der Waals surface area contributed by atoms with Crippen molar-refractivity contribution in [2.75, 3.05) is 89.2 Å². The molecule has 8 rings (SSSR count). The molecule has 15 heteroatoms. The summed E-state index contributed by atoms with van der Waals surface area (Å²) in [4.78, 5) is 21.4. The highest BCUT2D eigenvalue weighted by atomic mass is 16.6. The second-order valence-electron chi connectivity index (χ2n) is 15.8. The van der Waals surface area contributed by atoms with Gasteiger partial charge in [0.1, 0.15) is 5.75 Å². The predicted octanol–water partition coefficient (Wildman–Crippen LogP) is 6.20. The molecule has 0 unspecified atom stereocenters. The molecule has 0 saturated carbocycles. The Morgan fingerprint density at radius 2 is 1.07 bits per heavy atom. The molecule has 58 heavy (non-hydrogen) atoms. The number of aromatic nitrogens is 4. The average Bonchev–Trinajstić information content (AvgIpc) is 3.92. The summed E-state index contributed by atoms with van der Waals surface area (Å²) >= 11 is 0. The van der Waals surface area contributed by atoms with Crippen molar-refractivity contribution >= 4 is 22.7 Å². The molecule has 316 valence electrons. The van der Waals surface area contributed by atoms with Crippen LogP contribution in [0.15, 0.2) is 49.1 Å². The van der Waals surface area contributed by atoms with E-state index in [1.807, 2.05) is 49.5 Å². The topological polar surface area (TPSA) is 156 Å². The van der Waals surface area contributed by atoms with Gasteiger partial charge in [-0.15, -0.1) is 0 Å². The summed E-state index contributed by atoms with van der Waals surface area (Å²) in [6, 6.07) is 8.96. The van der Waals surface area contributed by atoms with Gasteiger partial charge in [-0.3, -0.25) is 19.5 Å². The zero-order valence-electron chi connectivity index (χ0n) is 35.2. The number of nitro groups is 1. The number of nitrogens with zero attached hydrogens (tertiary/aromatic N) is 9. The lowest BCUT2D eigenvalue weighted by Crippen LogP contribution is -2.46. The highest BCUT2D eigenvalue weighted by Crippen LogP contribution is 2.42. The Morgan fingerprint density at radius 3 is 1.45 bits per heavy atom. The summed E-state index contributed by atoms with van der Waals surface area (Å²) in [7, 11) is 7.96. The first-order chi connectivity index (χ1) is 28.2. The minimum absolute atomic E-state index is 0.0155. The van der Waals surface area contributed by atoms with E-state index in [0.29, 0.717) is 17.5 Å². The Kier molecular flexibility index (Phi) is 14.9. The average molecular weight is 801 g/mol. The Morgan fingerprint density at radius 1 is 0.655 bits per heavy atom. The van der Waals surface area contributed by atoms with Crippen LogP contribution < -0.4 is 25.0 Å². The first-order valence-corrected chi connectivity index (χ1v) is 21.0. The molecule has 0 amide bonds. The van der Waals surface area contributed by atoms with E-state index < -0.39 is 0 Å². The lowest BCUT2D eigenvalue weighted by atomic mass is 9.97. The predicted molar refractivity (Wildman–Crippen MR) is 231 cm³/mol. The van der Waals surface area contributed by atoms with Gasteiger partial charge in [-0.05, 0) is 83.6 Å². The van der Waals surface area contributed by atoms with Gasteiger partial charge in [0.05, 0.1) is 37.2 Å². The second-order valence-corrected chi connectivity index (χ2v) is 15.8. The van der Waals surface area contributed by atoms with Crippen LogP contribution in [0.3, 0.4) is 0 Å². The first-order valence-electron chi connectivity index (χ1n) is 21.0. The van der Waals surface area contributed by atoms with Crippen LogP contribution in [0.25, 0.3) is 22.3 Å². The van der Waals surface area contributed by atoms with Crippen LogP contribution in [-0.4, -0.2) is 125 Å². The third-order valence-corrected chi connectivity index (χ3v) is 12.3. The number of aryl methyl sites for hydroxylation is 2. The Hall–Kier alpha value is -4.86. The van der Waals surface area contributed by atoms with Crippen LogP contribution in [0, 0.1) is 10.1 Å². The number of benzene rings is 2. The van der Waals surface area contributed by atoms with Gasteiger partial charge in [0, 0.05) is 124 Å². The van der Waals surface area contributed by atoms with E-state index in [4.69, 9.17) is 20.3 Å². The third kappa shape index (κ3) is 10.0. The second kappa shape index (κ2) is 20.2. The van der Waals surface area contributed by atoms with Crippen molar-refractivity contribution < 1.29 is 19.5 Å². The quantitative estimate of drug-likeness (QED) is 0.113. The van der Waals surface area contributed by atoms with Gasteiger partial charge < -0.3 is 39.9 Å². The normalized spacial score (nSPS) is 18.5. The number of aliphatic hydroxyl groups excluding tert-OH is 1. The number of aliphatic hydroxyl groups is 1. The Bertz CT molecular complexity index is 1920. The van der Waals surface area contributed by atoms with E-state index in [2.05, 4.69) is 35.9 Å². The molecule has 0 spiro atoms. The smallest absolute Gasteiger partial charge is 0.311 e. The van der Waals surface area contributed by atoms with Gasteiger partial charge in [0.2, 0.25) is 0 Å². The largest absolute Gasteiger partial charge is 0.495 e. The van der Waals surface area contributed by atoms with Crippen LogP contribution in [0.1, 0.15) is 64.2 Å². The van der Waals surface area contributed by atoms with E-state index in [0.717, 1.165) is 85.9 Å². The Balaban J connectivity index is 0.000000188. The van der Waals surface area contributed by atoms with Gasteiger partial charge >= 0.3 is 5.69 Å². The number of hydrogen-bond donors (Lipinski definition) is 2. The first kappa shape index (κ1) is 42.7. The lowest BCUT2D eigenvalue weighted by Gasteiger charge is -2.41. The number of likely N-dealkylation sites (tertiary alicyclic amines) is 2. The highest BCUT2D eigenvalue weighted by Gasteiger charge is 2.30. The van der Waals surface area contributed by atoms with Gasteiger partial charge in [0.25, 0.3) is 0 Å². The number of nitrogens with two attached hydrogens (primary N) is 1. The maximum absolute atomic E-state index is 11.6. The van der Waals surface area contributed by atoms with Gasteiger partial charge in [-0.1, -0.05) is 12.8 Å². The van der Waals surface area contributed by atoms with E-state index in [1.165, 1.54) is 90.3 Å². The molecule has 4 aromatic rings. The molecule has 4 saturated heterocycles. The maximum atomic E-state index is 11.6. The standard InChI is InChI=1S/C21H29N5O3.C21H31N5O.CH4O/c1-23-15-16(14-22-23)18-12-20(26(27)28)21(29-2)13-19(18)25-10-6-17(7-11-25)24-8-4-3-5-9-24;1-24-15-16(14-23-24)18-12-19(22)21(27-2)13-20(18)26-10-6-17(7-11-26)25-8-4-3-5-9-25;1-2/h12-15,17H,3-11H2,1-2H3;12-15,17H,3-11,22H2,1-2H3;2H,1H3. The molecule has 4 aliphatic rings. The number of nitrogen functional groups attached to an aromatic ring is 1. The van der Waals surface area contributed by atoms with Crippen LogP contribution >= 0.6 is 0 Å². The SMILES string of the molecule is CO.COc1cc(N2CCC(N3CCCCC3)CC2)c(-c2cnn(C)c2)cc1N.COc1cc(N2CCC(N3CCCCC3)CC2)c(-c2cnn(C)c2)cc1[N+](=O)[O-]. The molecule has 4 fully saturated rings. The minimum atomic E-state index is -0.384. The number of ether oxygens (including phenoxy) is 2. The van der Waals surface area contributed by atoms with E-state index in [9.17, 15) is 10.1 Å². The number of nitro benzene ring substituents is 1. The van der Waals surface area contributed by atoms with E-state index in [-0.39, 0.29) is 10.6 Å². The fourth-order valence-electron chi connectivity index (χ4n) is 9.24. The van der Waals surface area contributed by atoms with Gasteiger partial charge in [-0.25, -0.2) is 0 Å². The molecule has 0 bridgehead atoms. The Labute approximate surface area is 343 Å². The fraction of sp³-hybridized carbons (Fsp3) is 0.581. The van der Waals surface area contributed by atoms with Gasteiger partial charge in [0.15, 0.2) is 5.75 Å². The van der Waals surface area contributed by atoms with Crippen molar-refractivity contribution in [2.24, 2.45) is 14.1 Å². The molecule has 2 aromatic carbocycles. The van der Waals surface area contributed by atoms with E-state index >= 15 is 0 Å². The molecule has 2 aromatic heterocycles. The summed E-state index contributed by atoms with van der Waals surface area (Å²) in [6.45, 7) is 9.02. The molecule has 0 aliphatic carbocycles. The number of hydrogen-bond acceptors (Lipinski definition) is 12. The zero-order valence-corrected chi connectivity index (χ0v) is 35.2. The van der Waals surface area contributed by atoms with Crippen LogP contribution in [0.5, 0.6) is 11.5 Å². The summed E-state index contributed by atoms with van der Waals surface area (Å²) < 4.78 is 14.4. The minimum Gasteiger partial charge on any atom is -0.495 e. The summed E-state index contributed by atoms with van der Waals surface area (Å²) in [5.41, 5.74) is 13.0. The summed E-state index contributed by atoms with van der Waals surface area (Å²) in [6.07, 6.45) is 20.4. The molecule has 3 N–H and O–H groups in total. The number of anilines is 3. The number of rotatable bonds is 9. The number of piperidine rings is 4. The summed E-state index contributed by atoms with van der Waals surface area (Å²) in [5, 5.41) is 27.2. The monoisotopic (exact) mass is 801 g/mol. The van der Waals surface area contributed by atoms with Crippen molar-refractivity contribution in [3.05, 3.63) is 59.2 Å². The van der Waals surface area contributed by atoms with Crippen molar-refractivity contribution in [2.45, 2.75) is 76.3 Å². The molecule has 4 aliphatic heterocycles. The molecule has 0 radical (unpaired) electrons. The molecular weight excluding hydrogens is 737 g/mol. The lowest BCUT2D eigenvalue weighted by molar-refractivity contribution is -0.385. The third-order valence-electron chi connectivity index (χ3n) is 12.3. The van der Waals surface area contributed by atoms with Crippen molar-refractivity contribution in [1.29, 1.82) is 0 Å². The molecular formula is C43H64N10O5. The molecule has 6 heterocycles. The zero-order chi connectivity index (χ0) is 41.2. The van der Waals surface area contributed by atoms with Crippen molar-refractivity contribution in [1.82, 2.24) is 29.4 Å².